The molecule has 8 nitrogen and oxygen atoms in total. The van der Waals surface area contributed by atoms with E-state index >= 15 is 0 Å². The summed E-state index contributed by atoms with van der Waals surface area (Å²) in [6.45, 7) is 3.78. The van der Waals surface area contributed by atoms with Gasteiger partial charge in [0.2, 0.25) is 11.7 Å². The van der Waals surface area contributed by atoms with Gasteiger partial charge in [-0.05, 0) is 43.0 Å². The third kappa shape index (κ3) is 3.45. The Labute approximate surface area is 163 Å². The van der Waals surface area contributed by atoms with Crippen molar-refractivity contribution in [1.29, 1.82) is 0 Å². The number of fused-ring (bicyclic) bond motifs is 1. The minimum absolute atomic E-state index is 0.0293. The van der Waals surface area contributed by atoms with Crippen LogP contribution in [-0.2, 0) is 12.8 Å². The van der Waals surface area contributed by atoms with Crippen molar-refractivity contribution >= 4 is 11.8 Å². The topological polar surface area (TPSA) is 97.0 Å². The highest BCUT2D eigenvalue weighted by Crippen LogP contribution is 2.34. The van der Waals surface area contributed by atoms with Crippen molar-refractivity contribution in [2.24, 2.45) is 0 Å². The first-order valence-electron chi connectivity index (χ1n) is 9.34. The third-order valence-electron chi connectivity index (χ3n) is 4.96. The maximum Gasteiger partial charge on any atom is 0.323 e. The van der Waals surface area contributed by atoms with Crippen LogP contribution in [-0.4, -0.2) is 33.2 Å². The monoisotopic (exact) mass is 378 g/mol. The maximum absolute atomic E-state index is 12.7. The zero-order valence-electron chi connectivity index (χ0n) is 16.1. The molecule has 1 aromatic carbocycles. The summed E-state index contributed by atoms with van der Waals surface area (Å²) in [5.41, 5.74) is 3.26. The first kappa shape index (κ1) is 18.1. The van der Waals surface area contributed by atoms with Gasteiger partial charge < -0.3 is 9.84 Å². The van der Waals surface area contributed by atoms with Gasteiger partial charge in [0, 0.05) is 25.2 Å². The van der Waals surface area contributed by atoms with Crippen molar-refractivity contribution in [3.8, 4) is 11.4 Å². The van der Waals surface area contributed by atoms with E-state index in [0.717, 1.165) is 24.0 Å². The molecule has 144 valence electrons. The summed E-state index contributed by atoms with van der Waals surface area (Å²) in [4.78, 5) is 26.9. The number of rotatable bonds is 4. The number of aryl methyl sites for hydroxylation is 3. The smallest absolute Gasteiger partial charge is 0.323 e. The lowest BCUT2D eigenvalue weighted by molar-refractivity contribution is 0.243. The van der Waals surface area contributed by atoms with E-state index in [1.807, 2.05) is 19.1 Å². The van der Waals surface area contributed by atoms with Crippen molar-refractivity contribution in [1.82, 2.24) is 25.4 Å². The first-order valence-corrected chi connectivity index (χ1v) is 9.34. The fourth-order valence-corrected chi connectivity index (χ4v) is 3.40. The molecule has 2 amide bonds. The van der Waals surface area contributed by atoms with E-state index < -0.39 is 0 Å². The number of benzene rings is 1. The fraction of sp³-hybridized carbons (Fsp3) is 0.350. The van der Waals surface area contributed by atoms with Gasteiger partial charge in [-0.25, -0.2) is 14.8 Å². The van der Waals surface area contributed by atoms with E-state index in [1.54, 1.807) is 26.2 Å². The number of anilines is 1. The summed E-state index contributed by atoms with van der Waals surface area (Å²) >= 11 is 0. The van der Waals surface area contributed by atoms with Crippen LogP contribution in [0.2, 0.25) is 0 Å². The van der Waals surface area contributed by atoms with Crippen LogP contribution in [0.1, 0.15) is 42.2 Å². The average molecular weight is 378 g/mol. The molecule has 4 rings (SSSR count). The third-order valence-corrected chi connectivity index (χ3v) is 4.96. The van der Waals surface area contributed by atoms with Crippen LogP contribution >= 0.6 is 0 Å². The minimum atomic E-state index is -0.189. The molecule has 1 atom stereocenters. The number of carbonyl (C=O) groups is 1. The zero-order chi connectivity index (χ0) is 19.7. The number of aromatic nitrogens is 4. The predicted molar refractivity (Wildman–Crippen MR) is 104 cm³/mol. The number of hydrogen-bond acceptors (Lipinski definition) is 6. The van der Waals surface area contributed by atoms with E-state index in [9.17, 15) is 4.79 Å². The molecule has 0 unspecified atom stereocenters. The Morgan fingerprint density at radius 1 is 1.32 bits per heavy atom. The molecule has 0 fully saturated rings. The van der Waals surface area contributed by atoms with Crippen molar-refractivity contribution in [3.63, 3.8) is 0 Å². The van der Waals surface area contributed by atoms with Crippen LogP contribution in [0.3, 0.4) is 0 Å². The van der Waals surface area contributed by atoms with Gasteiger partial charge >= 0.3 is 6.03 Å². The van der Waals surface area contributed by atoms with Gasteiger partial charge in [0.25, 0.3) is 0 Å². The number of carbonyl (C=O) groups excluding carboxylic acids is 1. The molecule has 0 saturated heterocycles. The van der Waals surface area contributed by atoms with Gasteiger partial charge in [0.05, 0.1) is 6.04 Å². The molecule has 1 N–H and O–H groups in total. The molecule has 2 heterocycles. The molecule has 8 heteroatoms. The van der Waals surface area contributed by atoms with Gasteiger partial charge in [-0.1, -0.05) is 24.2 Å². The fourth-order valence-electron chi connectivity index (χ4n) is 3.40. The Bertz CT molecular complexity index is 1020. The standard InChI is InChI=1S/C20H22N6O2/c1-4-18-24-19(25-28-18)14-5-7-15-13(11-14)6-8-16(15)23-20(27)26(3)17-9-10-21-12(2)22-17/h5,7,9-11,16H,4,6,8H2,1-3H3,(H,23,27)/t16-/m1/s1. The van der Waals surface area contributed by atoms with Crippen LogP contribution in [0.5, 0.6) is 0 Å². The van der Waals surface area contributed by atoms with Gasteiger partial charge in [-0.2, -0.15) is 4.98 Å². The van der Waals surface area contributed by atoms with E-state index in [-0.39, 0.29) is 12.1 Å². The quantitative estimate of drug-likeness (QED) is 0.749. The number of amides is 2. The molecule has 28 heavy (non-hydrogen) atoms. The normalized spacial score (nSPS) is 15.3. The van der Waals surface area contributed by atoms with Crippen molar-refractivity contribution in [2.75, 3.05) is 11.9 Å². The molecular formula is C20H22N6O2. The molecule has 0 bridgehead atoms. The highest BCUT2D eigenvalue weighted by Gasteiger charge is 2.26. The van der Waals surface area contributed by atoms with Gasteiger partial charge in [0.15, 0.2) is 0 Å². The minimum Gasteiger partial charge on any atom is -0.339 e. The Balaban J connectivity index is 1.49. The van der Waals surface area contributed by atoms with Gasteiger partial charge in [-0.15, -0.1) is 0 Å². The van der Waals surface area contributed by atoms with Gasteiger partial charge in [-0.3, -0.25) is 4.90 Å². The van der Waals surface area contributed by atoms with E-state index in [4.69, 9.17) is 4.52 Å². The molecule has 1 aliphatic rings. The molecule has 0 spiro atoms. The molecular weight excluding hydrogens is 356 g/mol. The van der Waals surface area contributed by atoms with E-state index in [0.29, 0.717) is 29.8 Å². The highest BCUT2D eigenvalue weighted by atomic mass is 16.5. The summed E-state index contributed by atoms with van der Waals surface area (Å²) in [6.07, 6.45) is 4.11. The molecule has 0 saturated carbocycles. The maximum atomic E-state index is 12.7. The summed E-state index contributed by atoms with van der Waals surface area (Å²) < 4.78 is 5.20. The second-order valence-electron chi connectivity index (χ2n) is 6.84. The number of nitrogens with one attached hydrogen (secondary N) is 1. The van der Waals surface area contributed by atoms with Crippen molar-refractivity contribution in [3.05, 3.63) is 53.3 Å². The van der Waals surface area contributed by atoms with Gasteiger partial charge in [0.1, 0.15) is 11.6 Å². The second-order valence-corrected chi connectivity index (χ2v) is 6.84. The predicted octanol–water partition coefficient (Wildman–Crippen LogP) is 3.23. The van der Waals surface area contributed by atoms with Crippen LogP contribution < -0.4 is 10.2 Å². The van der Waals surface area contributed by atoms with Crippen LogP contribution in [0.15, 0.2) is 35.0 Å². The molecule has 2 aromatic heterocycles. The Hall–Kier alpha value is -3.29. The molecule has 0 radical (unpaired) electrons. The lowest BCUT2D eigenvalue weighted by Crippen LogP contribution is -2.39. The number of urea groups is 1. The number of nitrogens with zero attached hydrogens (tertiary/aromatic N) is 5. The number of hydrogen-bond donors (Lipinski definition) is 1. The first-order chi connectivity index (χ1) is 13.5. The van der Waals surface area contributed by atoms with Crippen LogP contribution in [0, 0.1) is 6.92 Å². The second kappa shape index (κ2) is 7.38. The summed E-state index contributed by atoms with van der Waals surface area (Å²) in [6, 6.07) is 7.61. The summed E-state index contributed by atoms with van der Waals surface area (Å²) in [5.74, 6) is 2.43. The van der Waals surface area contributed by atoms with Crippen LogP contribution in [0.25, 0.3) is 11.4 Å². The summed E-state index contributed by atoms with van der Waals surface area (Å²) in [5, 5.41) is 7.14. The van der Waals surface area contributed by atoms with E-state index in [2.05, 4.69) is 31.5 Å². The van der Waals surface area contributed by atoms with Crippen LogP contribution in [0.4, 0.5) is 10.6 Å². The molecule has 0 aliphatic heterocycles. The molecule has 1 aliphatic carbocycles. The Morgan fingerprint density at radius 3 is 2.93 bits per heavy atom. The Kier molecular flexibility index (Phi) is 4.77. The lowest BCUT2D eigenvalue weighted by Gasteiger charge is -2.21. The lowest BCUT2D eigenvalue weighted by atomic mass is 10.0. The van der Waals surface area contributed by atoms with Crippen molar-refractivity contribution < 1.29 is 9.32 Å². The highest BCUT2D eigenvalue weighted by molar-refractivity contribution is 5.90. The average Bonchev–Trinajstić information content (AvgIpc) is 3.34. The largest absolute Gasteiger partial charge is 0.339 e. The van der Waals surface area contributed by atoms with E-state index in [1.165, 1.54) is 10.5 Å². The Morgan fingerprint density at radius 2 is 2.18 bits per heavy atom. The zero-order valence-corrected chi connectivity index (χ0v) is 16.1. The summed E-state index contributed by atoms with van der Waals surface area (Å²) in [7, 11) is 1.71. The molecule has 3 aromatic rings. The SMILES string of the molecule is CCc1nc(-c2ccc3c(c2)CC[C@H]3NC(=O)N(C)c2ccnc(C)n2)no1. The van der Waals surface area contributed by atoms with Crippen molar-refractivity contribution in [2.45, 2.75) is 39.2 Å².